The second-order valence-electron chi connectivity index (χ2n) is 7.00. The van der Waals surface area contributed by atoms with Crippen molar-refractivity contribution in [3.8, 4) is 0 Å². The summed E-state index contributed by atoms with van der Waals surface area (Å²) in [5.74, 6) is 1.99. The minimum absolute atomic E-state index is 0.208. The largest absolute Gasteiger partial charge is 0.466 e. The van der Waals surface area contributed by atoms with Crippen LogP contribution in [-0.2, 0) is 22.2 Å². The molecule has 2 rings (SSSR count). The third kappa shape index (κ3) is 6.06. The van der Waals surface area contributed by atoms with Crippen molar-refractivity contribution in [3.05, 3.63) is 53.0 Å². The molecule has 2 aromatic rings. The van der Waals surface area contributed by atoms with Crippen molar-refractivity contribution >= 4 is 16.0 Å². The summed E-state index contributed by atoms with van der Waals surface area (Å²) in [6, 6.07) is 8.38. The first kappa shape index (κ1) is 22.9. The van der Waals surface area contributed by atoms with Gasteiger partial charge < -0.3 is 20.2 Å². The van der Waals surface area contributed by atoms with Crippen molar-refractivity contribution in [3.63, 3.8) is 0 Å². The molecule has 0 saturated heterocycles. The fourth-order valence-electron chi connectivity index (χ4n) is 2.92. The van der Waals surface area contributed by atoms with E-state index >= 15 is 0 Å². The van der Waals surface area contributed by atoms with Crippen LogP contribution in [0.25, 0.3) is 0 Å². The normalized spacial score (nSPS) is 14.5. The molecular formula is C20H30N4O4S. The van der Waals surface area contributed by atoms with E-state index in [1.165, 1.54) is 7.05 Å². The van der Waals surface area contributed by atoms with Crippen LogP contribution in [0.15, 0.2) is 44.6 Å². The molecule has 0 amide bonds. The summed E-state index contributed by atoms with van der Waals surface area (Å²) in [7, 11) is -2.08. The maximum atomic E-state index is 11.8. The lowest BCUT2D eigenvalue weighted by atomic mass is 9.96. The van der Waals surface area contributed by atoms with Gasteiger partial charge >= 0.3 is 0 Å². The van der Waals surface area contributed by atoms with Crippen LogP contribution in [0.2, 0.25) is 0 Å². The molecule has 0 aliphatic carbocycles. The Labute approximate surface area is 172 Å². The van der Waals surface area contributed by atoms with E-state index in [0.29, 0.717) is 24.8 Å². The molecule has 8 nitrogen and oxygen atoms in total. The zero-order chi connectivity index (χ0) is 21.7. The van der Waals surface area contributed by atoms with E-state index in [0.717, 1.165) is 16.9 Å². The van der Waals surface area contributed by atoms with E-state index < -0.39 is 15.6 Å². The van der Waals surface area contributed by atoms with Gasteiger partial charge in [0.25, 0.3) is 0 Å². The zero-order valence-electron chi connectivity index (χ0n) is 17.5. The van der Waals surface area contributed by atoms with E-state index in [1.54, 1.807) is 31.2 Å². The molecule has 0 aliphatic rings. The Balaban J connectivity index is 2.07. The standard InChI is InChI=1S/C20H30N4O4S/c1-6-22-19(24-13-20(4,25)18-11-14(2)28-15(18)3)23-12-16-7-9-17(10-8-16)29(26,27)21-5/h7-11,21,25H,6,12-13H2,1-5H3,(H2,22,23,24). The predicted molar refractivity (Wildman–Crippen MR) is 113 cm³/mol. The number of nitrogens with zero attached hydrogens (tertiary/aromatic N) is 1. The maximum absolute atomic E-state index is 11.8. The molecule has 0 saturated carbocycles. The second kappa shape index (κ2) is 9.43. The van der Waals surface area contributed by atoms with Crippen LogP contribution < -0.4 is 15.4 Å². The second-order valence-corrected chi connectivity index (χ2v) is 8.89. The van der Waals surface area contributed by atoms with Crippen LogP contribution in [0.4, 0.5) is 0 Å². The minimum Gasteiger partial charge on any atom is -0.466 e. The monoisotopic (exact) mass is 422 g/mol. The number of rotatable bonds is 8. The van der Waals surface area contributed by atoms with Gasteiger partial charge in [0.1, 0.15) is 17.1 Å². The number of furan rings is 1. The maximum Gasteiger partial charge on any atom is 0.240 e. The zero-order valence-corrected chi connectivity index (χ0v) is 18.4. The molecule has 4 N–H and O–H groups in total. The molecule has 9 heteroatoms. The number of hydrogen-bond donors (Lipinski definition) is 4. The number of hydrogen-bond acceptors (Lipinski definition) is 5. The molecule has 0 aliphatic heterocycles. The highest BCUT2D eigenvalue weighted by atomic mass is 32.2. The summed E-state index contributed by atoms with van der Waals surface area (Å²) in [5, 5.41) is 17.1. The van der Waals surface area contributed by atoms with Gasteiger partial charge in [-0.15, -0.1) is 0 Å². The van der Waals surface area contributed by atoms with Gasteiger partial charge in [-0.05, 0) is 58.5 Å². The minimum atomic E-state index is -3.45. The summed E-state index contributed by atoms with van der Waals surface area (Å²) < 4.78 is 31.4. The van der Waals surface area contributed by atoms with Crippen molar-refractivity contribution in [1.29, 1.82) is 0 Å². The molecule has 1 unspecified atom stereocenters. The summed E-state index contributed by atoms with van der Waals surface area (Å²) in [6.07, 6.45) is 0. The Kier molecular flexibility index (Phi) is 7.45. The number of guanidine groups is 1. The topological polar surface area (TPSA) is 116 Å². The van der Waals surface area contributed by atoms with Crippen LogP contribution in [0.1, 0.15) is 36.5 Å². The molecule has 1 heterocycles. The Morgan fingerprint density at radius 3 is 2.38 bits per heavy atom. The average molecular weight is 423 g/mol. The lowest BCUT2D eigenvalue weighted by Crippen LogP contribution is -2.44. The fraction of sp³-hybridized carbons (Fsp3) is 0.450. The van der Waals surface area contributed by atoms with Gasteiger partial charge in [0.15, 0.2) is 5.96 Å². The molecule has 0 bridgehead atoms. The molecule has 29 heavy (non-hydrogen) atoms. The third-order valence-electron chi connectivity index (χ3n) is 4.49. The number of aryl methyl sites for hydroxylation is 2. The van der Waals surface area contributed by atoms with E-state index in [9.17, 15) is 13.5 Å². The summed E-state index contributed by atoms with van der Waals surface area (Å²) >= 11 is 0. The van der Waals surface area contributed by atoms with E-state index in [4.69, 9.17) is 4.42 Å². The molecule has 0 fully saturated rings. The molecule has 160 valence electrons. The summed E-state index contributed by atoms with van der Waals surface area (Å²) in [4.78, 5) is 4.72. The van der Waals surface area contributed by atoms with Crippen LogP contribution in [0.3, 0.4) is 0 Å². The van der Waals surface area contributed by atoms with E-state index in [-0.39, 0.29) is 11.4 Å². The van der Waals surface area contributed by atoms with Gasteiger partial charge in [-0.2, -0.15) is 0 Å². The van der Waals surface area contributed by atoms with E-state index in [2.05, 4.69) is 20.3 Å². The third-order valence-corrected chi connectivity index (χ3v) is 5.92. The van der Waals surface area contributed by atoms with Gasteiger partial charge in [0.05, 0.1) is 18.0 Å². The van der Waals surface area contributed by atoms with Crippen molar-refractivity contribution in [1.82, 2.24) is 15.4 Å². The van der Waals surface area contributed by atoms with Crippen molar-refractivity contribution in [2.45, 2.75) is 44.7 Å². The Bertz CT molecular complexity index is 947. The molecule has 1 atom stereocenters. The highest BCUT2D eigenvalue weighted by molar-refractivity contribution is 7.89. The van der Waals surface area contributed by atoms with Crippen LogP contribution in [-0.4, -0.2) is 39.6 Å². The SMILES string of the molecule is CCNC(=NCc1ccc(S(=O)(=O)NC)cc1)NCC(C)(O)c1cc(C)oc1C. The van der Waals surface area contributed by atoms with Gasteiger partial charge in [-0.25, -0.2) is 18.1 Å². The molecule has 1 aromatic carbocycles. The van der Waals surface area contributed by atoms with Crippen molar-refractivity contribution < 1.29 is 17.9 Å². The van der Waals surface area contributed by atoms with Crippen LogP contribution in [0, 0.1) is 13.8 Å². The Morgan fingerprint density at radius 2 is 1.86 bits per heavy atom. The first-order valence-corrected chi connectivity index (χ1v) is 10.9. The average Bonchev–Trinajstić information content (AvgIpc) is 3.03. The molecular weight excluding hydrogens is 392 g/mol. The van der Waals surface area contributed by atoms with Crippen LogP contribution >= 0.6 is 0 Å². The summed E-state index contributed by atoms with van der Waals surface area (Å²) in [6.45, 7) is 8.63. The first-order chi connectivity index (χ1) is 13.6. The molecule has 0 radical (unpaired) electrons. The number of nitrogens with one attached hydrogen (secondary N) is 3. The van der Waals surface area contributed by atoms with Gasteiger partial charge in [-0.3, -0.25) is 0 Å². The first-order valence-electron chi connectivity index (χ1n) is 9.43. The number of benzene rings is 1. The van der Waals surface area contributed by atoms with Gasteiger partial charge in [-0.1, -0.05) is 12.1 Å². The van der Waals surface area contributed by atoms with E-state index in [1.807, 2.05) is 26.8 Å². The Hall–Kier alpha value is -2.36. The number of aliphatic hydroxyl groups is 1. The highest BCUT2D eigenvalue weighted by Gasteiger charge is 2.27. The van der Waals surface area contributed by atoms with Crippen LogP contribution in [0.5, 0.6) is 0 Å². The number of sulfonamides is 1. The predicted octanol–water partition coefficient (Wildman–Crippen LogP) is 1.77. The quantitative estimate of drug-likeness (QED) is 0.381. The lowest BCUT2D eigenvalue weighted by molar-refractivity contribution is 0.0601. The van der Waals surface area contributed by atoms with Crippen molar-refractivity contribution in [2.75, 3.05) is 20.1 Å². The smallest absolute Gasteiger partial charge is 0.240 e. The Morgan fingerprint density at radius 1 is 1.21 bits per heavy atom. The van der Waals surface area contributed by atoms with Crippen molar-refractivity contribution in [2.24, 2.45) is 4.99 Å². The lowest BCUT2D eigenvalue weighted by Gasteiger charge is -2.24. The van der Waals surface area contributed by atoms with Gasteiger partial charge in [0.2, 0.25) is 10.0 Å². The molecule has 1 aromatic heterocycles. The highest BCUT2D eigenvalue weighted by Crippen LogP contribution is 2.26. The summed E-state index contributed by atoms with van der Waals surface area (Å²) in [5.41, 5.74) is 0.478. The number of aliphatic imine (C=N–C) groups is 1. The van der Waals surface area contributed by atoms with Gasteiger partial charge in [0, 0.05) is 12.1 Å². The molecule has 0 spiro atoms. The fourth-order valence-corrected chi connectivity index (χ4v) is 3.65.